The maximum Gasteiger partial charge on any atom is 0.225 e. The van der Waals surface area contributed by atoms with Gasteiger partial charge in [-0.3, -0.25) is 9.69 Å². The summed E-state index contributed by atoms with van der Waals surface area (Å²) < 4.78 is 0. The van der Waals surface area contributed by atoms with Crippen LogP contribution in [-0.4, -0.2) is 47.0 Å². The average molecular weight is 330 g/mol. The molecule has 0 saturated carbocycles. The summed E-state index contributed by atoms with van der Waals surface area (Å²) in [7, 11) is 0. The lowest BCUT2D eigenvalue weighted by atomic mass is 9.94. The van der Waals surface area contributed by atoms with Crippen LogP contribution >= 0.6 is 0 Å². The molecule has 4 heteroatoms. The van der Waals surface area contributed by atoms with Crippen molar-refractivity contribution < 1.29 is 9.90 Å². The Balaban J connectivity index is 1.47. The first-order chi connectivity index (χ1) is 11.8. The molecule has 2 heterocycles. The van der Waals surface area contributed by atoms with Crippen molar-refractivity contribution in [3.05, 3.63) is 35.4 Å². The largest absolute Gasteiger partial charge is 0.392 e. The zero-order valence-corrected chi connectivity index (χ0v) is 14.6. The van der Waals surface area contributed by atoms with Gasteiger partial charge in [-0.15, -0.1) is 0 Å². The molecule has 24 heavy (non-hydrogen) atoms. The number of carbonyl (C=O) groups excluding carboxylic acids is 1. The number of nitrogens with zero attached hydrogens (tertiary/aromatic N) is 2. The van der Waals surface area contributed by atoms with Gasteiger partial charge in [-0.25, -0.2) is 0 Å². The van der Waals surface area contributed by atoms with E-state index >= 15 is 0 Å². The molecule has 0 spiro atoms. The summed E-state index contributed by atoms with van der Waals surface area (Å²) in [4.78, 5) is 17.3. The SMILES string of the molecule is O=C(C1CCN(Cc2ccc(CO)cc2)CC1)N1CCCCCC1. The molecule has 4 nitrogen and oxygen atoms in total. The van der Waals surface area contributed by atoms with E-state index in [0.29, 0.717) is 5.91 Å². The van der Waals surface area contributed by atoms with Crippen molar-refractivity contribution in [3.8, 4) is 0 Å². The molecule has 2 saturated heterocycles. The monoisotopic (exact) mass is 330 g/mol. The van der Waals surface area contributed by atoms with Gasteiger partial charge in [0.2, 0.25) is 5.91 Å². The highest BCUT2D eigenvalue weighted by Gasteiger charge is 2.28. The number of hydrogen-bond acceptors (Lipinski definition) is 3. The number of piperidine rings is 1. The molecule has 1 aromatic carbocycles. The number of rotatable bonds is 4. The molecule has 1 N–H and O–H groups in total. The van der Waals surface area contributed by atoms with Gasteiger partial charge in [0.15, 0.2) is 0 Å². The molecule has 0 unspecified atom stereocenters. The molecule has 3 rings (SSSR count). The minimum atomic E-state index is 0.101. The number of aliphatic hydroxyl groups excluding tert-OH is 1. The lowest BCUT2D eigenvalue weighted by Crippen LogP contribution is -2.42. The Labute approximate surface area is 145 Å². The van der Waals surface area contributed by atoms with E-state index in [9.17, 15) is 4.79 Å². The smallest absolute Gasteiger partial charge is 0.225 e. The lowest BCUT2D eigenvalue weighted by molar-refractivity contribution is -0.137. The predicted octanol–water partition coefficient (Wildman–Crippen LogP) is 2.79. The second-order valence-corrected chi connectivity index (χ2v) is 7.26. The van der Waals surface area contributed by atoms with Crippen LogP contribution in [0.25, 0.3) is 0 Å². The Hall–Kier alpha value is -1.39. The topological polar surface area (TPSA) is 43.8 Å². The third-order valence-electron chi connectivity index (χ3n) is 5.47. The maximum absolute atomic E-state index is 12.7. The van der Waals surface area contributed by atoms with Crippen molar-refractivity contribution in [1.82, 2.24) is 9.80 Å². The van der Waals surface area contributed by atoms with E-state index in [1.54, 1.807) is 0 Å². The summed E-state index contributed by atoms with van der Waals surface area (Å²) in [6, 6.07) is 8.18. The second kappa shape index (κ2) is 8.63. The van der Waals surface area contributed by atoms with Crippen molar-refractivity contribution in [2.75, 3.05) is 26.2 Å². The van der Waals surface area contributed by atoms with Gasteiger partial charge in [0.05, 0.1) is 6.61 Å². The third-order valence-corrected chi connectivity index (χ3v) is 5.47. The van der Waals surface area contributed by atoms with Crippen LogP contribution in [0.3, 0.4) is 0 Å². The fourth-order valence-electron chi connectivity index (χ4n) is 3.90. The molecule has 0 atom stereocenters. The molecule has 2 fully saturated rings. The number of benzene rings is 1. The molecule has 0 aromatic heterocycles. The van der Waals surface area contributed by atoms with Gasteiger partial charge < -0.3 is 10.0 Å². The summed E-state index contributed by atoms with van der Waals surface area (Å²) in [5.74, 6) is 0.639. The number of aliphatic hydroxyl groups is 1. The van der Waals surface area contributed by atoms with Gasteiger partial charge in [0.25, 0.3) is 0 Å². The van der Waals surface area contributed by atoms with Crippen molar-refractivity contribution in [3.63, 3.8) is 0 Å². The van der Waals surface area contributed by atoms with Gasteiger partial charge in [-0.2, -0.15) is 0 Å². The van der Waals surface area contributed by atoms with Crippen LogP contribution in [0.4, 0.5) is 0 Å². The Bertz CT molecular complexity index is 513. The van der Waals surface area contributed by atoms with Crippen LogP contribution in [-0.2, 0) is 17.9 Å². The van der Waals surface area contributed by atoms with Crippen LogP contribution in [0, 0.1) is 5.92 Å². The predicted molar refractivity (Wildman–Crippen MR) is 95.4 cm³/mol. The fraction of sp³-hybridized carbons (Fsp3) is 0.650. The number of likely N-dealkylation sites (tertiary alicyclic amines) is 2. The van der Waals surface area contributed by atoms with E-state index in [-0.39, 0.29) is 12.5 Å². The van der Waals surface area contributed by atoms with Crippen LogP contribution in [0.2, 0.25) is 0 Å². The Morgan fingerprint density at radius 1 is 0.917 bits per heavy atom. The summed E-state index contributed by atoms with van der Waals surface area (Å²) >= 11 is 0. The lowest BCUT2D eigenvalue weighted by Gasteiger charge is -2.34. The van der Waals surface area contributed by atoms with Gasteiger partial charge in [-0.05, 0) is 49.9 Å². The van der Waals surface area contributed by atoms with E-state index in [4.69, 9.17) is 5.11 Å². The minimum absolute atomic E-state index is 0.101. The van der Waals surface area contributed by atoms with Crippen molar-refractivity contribution in [1.29, 1.82) is 0 Å². The molecule has 0 bridgehead atoms. The summed E-state index contributed by atoms with van der Waals surface area (Å²) in [5, 5.41) is 9.11. The molecule has 2 aliphatic heterocycles. The number of carbonyl (C=O) groups is 1. The van der Waals surface area contributed by atoms with Crippen LogP contribution < -0.4 is 0 Å². The van der Waals surface area contributed by atoms with Crippen LogP contribution in [0.15, 0.2) is 24.3 Å². The molecule has 0 aliphatic carbocycles. The fourth-order valence-corrected chi connectivity index (χ4v) is 3.90. The third kappa shape index (κ3) is 4.58. The molecule has 2 aliphatic rings. The first kappa shape index (κ1) is 17.4. The summed E-state index contributed by atoms with van der Waals surface area (Å²) in [5.41, 5.74) is 2.24. The maximum atomic E-state index is 12.7. The van der Waals surface area contributed by atoms with E-state index in [1.807, 2.05) is 12.1 Å². The van der Waals surface area contributed by atoms with Gasteiger partial charge in [0, 0.05) is 25.6 Å². The normalized spacial score (nSPS) is 20.8. The average Bonchev–Trinajstić information content (AvgIpc) is 2.92. The first-order valence-corrected chi connectivity index (χ1v) is 9.46. The quantitative estimate of drug-likeness (QED) is 0.923. The van der Waals surface area contributed by atoms with E-state index in [0.717, 1.165) is 51.1 Å². The van der Waals surface area contributed by atoms with Crippen molar-refractivity contribution in [2.45, 2.75) is 51.7 Å². The Morgan fingerprint density at radius 2 is 1.50 bits per heavy atom. The van der Waals surface area contributed by atoms with Gasteiger partial charge in [-0.1, -0.05) is 37.1 Å². The number of hydrogen-bond donors (Lipinski definition) is 1. The zero-order chi connectivity index (χ0) is 16.8. The highest BCUT2D eigenvalue weighted by molar-refractivity contribution is 5.79. The highest BCUT2D eigenvalue weighted by atomic mass is 16.3. The summed E-state index contributed by atoms with van der Waals surface area (Å²) in [6.45, 7) is 4.99. The standard InChI is InChI=1S/C20H30N2O2/c23-16-18-7-5-17(6-8-18)15-21-13-9-19(10-14-21)20(24)22-11-3-1-2-4-12-22/h5-8,19,23H,1-4,9-16H2. The van der Waals surface area contributed by atoms with E-state index < -0.39 is 0 Å². The van der Waals surface area contributed by atoms with E-state index in [1.165, 1.54) is 31.2 Å². The molecular weight excluding hydrogens is 300 g/mol. The van der Waals surface area contributed by atoms with Gasteiger partial charge >= 0.3 is 0 Å². The van der Waals surface area contributed by atoms with Gasteiger partial charge in [0.1, 0.15) is 0 Å². The first-order valence-electron chi connectivity index (χ1n) is 9.46. The Kier molecular flexibility index (Phi) is 6.27. The molecule has 1 amide bonds. The van der Waals surface area contributed by atoms with Crippen molar-refractivity contribution >= 4 is 5.91 Å². The molecule has 0 radical (unpaired) electrons. The zero-order valence-electron chi connectivity index (χ0n) is 14.6. The molecular formula is C20H30N2O2. The summed E-state index contributed by atoms with van der Waals surface area (Å²) in [6.07, 6.45) is 6.88. The van der Waals surface area contributed by atoms with Crippen molar-refractivity contribution in [2.24, 2.45) is 5.92 Å². The van der Waals surface area contributed by atoms with Crippen LogP contribution in [0.1, 0.15) is 49.7 Å². The highest BCUT2D eigenvalue weighted by Crippen LogP contribution is 2.23. The molecule has 1 aromatic rings. The van der Waals surface area contributed by atoms with Crippen LogP contribution in [0.5, 0.6) is 0 Å². The second-order valence-electron chi connectivity index (χ2n) is 7.26. The number of amides is 1. The molecule has 132 valence electrons. The Morgan fingerprint density at radius 3 is 2.08 bits per heavy atom. The van der Waals surface area contributed by atoms with E-state index in [2.05, 4.69) is 21.9 Å². The minimum Gasteiger partial charge on any atom is -0.392 e.